The average molecular weight is 422 g/mol. The lowest BCUT2D eigenvalue weighted by Gasteiger charge is -2.15. The Morgan fingerprint density at radius 3 is 2.45 bits per heavy atom. The van der Waals surface area contributed by atoms with Gasteiger partial charge in [0.25, 0.3) is 0 Å². The molecular formula is C23H20F2N4O2. The minimum Gasteiger partial charge on any atom is -0.441 e. The summed E-state index contributed by atoms with van der Waals surface area (Å²) in [5.41, 5.74) is 2.93. The molecule has 1 unspecified atom stereocenters. The molecule has 0 aliphatic carbocycles. The van der Waals surface area contributed by atoms with Crippen molar-refractivity contribution in [3.63, 3.8) is 0 Å². The van der Waals surface area contributed by atoms with Crippen molar-refractivity contribution < 1.29 is 18.3 Å². The van der Waals surface area contributed by atoms with Crippen LogP contribution < -0.4 is 5.32 Å². The number of imidazole rings is 1. The Morgan fingerprint density at radius 1 is 1.06 bits per heavy atom. The summed E-state index contributed by atoms with van der Waals surface area (Å²) in [5.74, 6) is -0.136. The van der Waals surface area contributed by atoms with Gasteiger partial charge in [-0.25, -0.2) is 23.5 Å². The number of pyridine rings is 1. The predicted molar refractivity (Wildman–Crippen MR) is 111 cm³/mol. The Kier molecular flexibility index (Phi) is 5.88. The summed E-state index contributed by atoms with van der Waals surface area (Å²) in [6, 6.07) is 15.3. The molecule has 4 aromatic rings. The highest BCUT2D eigenvalue weighted by Crippen LogP contribution is 2.18. The van der Waals surface area contributed by atoms with Crippen LogP contribution in [-0.4, -0.2) is 20.6 Å². The van der Waals surface area contributed by atoms with Crippen molar-refractivity contribution >= 4 is 17.3 Å². The number of carbonyl (C=O) groups is 1. The Labute approximate surface area is 177 Å². The number of hydrogen-bond donors (Lipinski definition) is 1. The van der Waals surface area contributed by atoms with Crippen LogP contribution in [0, 0.1) is 11.6 Å². The quantitative estimate of drug-likeness (QED) is 0.487. The summed E-state index contributed by atoms with van der Waals surface area (Å²) in [6.45, 7) is 2.11. The first kappa shape index (κ1) is 20.5. The molecule has 31 heavy (non-hydrogen) atoms. The molecule has 2 aromatic heterocycles. The van der Waals surface area contributed by atoms with Gasteiger partial charge in [0.2, 0.25) is 0 Å². The molecule has 0 spiro atoms. The van der Waals surface area contributed by atoms with Gasteiger partial charge in [-0.15, -0.1) is 0 Å². The van der Waals surface area contributed by atoms with Crippen molar-refractivity contribution in [2.75, 3.05) is 0 Å². The second-order valence-corrected chi connectivity index (χ2v) is 7.08. The largest absolute Gasteiger partial charge is 0.441 e. The number of alkyl carbamates (subject to hydrolysis) is 1. The number of carbonyl (C=O) groups excluding carboxylic acids is 1. The highest BCUT2D eigenvalue weighted by molar-refractivity contribution is 5.71. The summed E-state index contributed by atoms with van der Waals surface area (Å²) < 4.78 is 33.5. The highest BCUT2D eigenvalue weighted by Gasteiger charge is 2.16. The Bertz CT molecular complexity index is 1190. The zero-order chi connectivity index (χ0) is 21.8. The van der Waals surface area contributed by atoms with Gasteiger partial charge in [-0.1, -0.05) is 24.3 Å². The number of ether oxygens (including phenoxy) is 1. The summed E-state index contributed by atoms with van der Waals surface area (Å²) in [5, 5.41) is 2.72. The second-order valence-electron chi connectivity index (χ2n) is 7.08. The molecule has 4 rings (SSSR count). The topological polar surface area (TPSA) is 69.0 Å². The molecule has 0 aliphatic heterocycles. The van der Waals surface area contributed by atoms with Crippen LogP contribution in [-0.2, 0) is 17.9 Å². The molecule has 6 nitrogen and oxygen atoms in total. The van der Waals surface area contributed by atoms with Gasteiger partial charge in [0, 0.05) is 6.20 Å². The van der Waals surface area contributed by atoms with E-state index in [4.69, 9.17) is 4.74 Å². The second kappa shape index (κ2) is 8.91. The fourth-order valence-corrected chi connectivity index (χ4v) is 3.24. The van der Waals surface area contributed by atoms with E-state index < -0.39 is 6.09 Å². The molecule has 158 valence electrons. The molecule has 0 saturated carbocycles. The van der Waals surface area contributed by atoms with E-state index in [1.54, 1.807) is 43.5 Å². The zero-order valence-electron chi connectivity index (χ0n) is 16.8. The third kappa shape index (κ3) is 4.85. The maximum atomic E-state index is 13.2. The van der Waals surface area contributed by atoms with Gasteiger partial charge in [-0.05, 0) is 54.4 Å². The number of aromatic nitrogens is 3. The summed E-state index contributed by atoms with van der Waals surface area (Å²) in [6.07, 6.45) is 1.04. The van der Waals surface area contributed by atoms with Crippen LogP contribution in [0.5, 0.6) is 0 Å². The predicted octanol–water partition coefficient (Wildman–Crippen LogP) is 4.75. The number of amides is 1. The molecule has 1 N–H and O–H groups in total. The lowest BCUT2D eigenvalue weighted by atomic mass is 10.1. The molecule has 0 fully saturated rings. The zero-order valence-corrected chi connectivity index (χ0v) is 16.8. The summed E-state index contributed by atoms with van der Waals surface area (Å²) in [4.78, 5) is 21.2. The summed E-state index contributed by atoms with van der Waals surface area (Å²) >= 11 is 0. The van der Waals surface area contributed by atoms with E-state index in [0.29, 0.717) is 23.5 Å². The molecule has 0 saturated heterocycles. The van der Waals surface area contributed by atoms with Crippen molar-refractivity contribution in [1.82, 2.24) is 19.9 Å². The molecule has 0 aliphatic rings. The van der Waals surface area contributed by atoms with Crippen molar-refractivity contribution in [2.24, 2.45) is 0 Å². The van der Waals surface area contributed by atoms with Crippen LogP contribution in [0.15, 0.2) is 66.9 Å². The van der Waals surface area contributed by atoms with Crippen LogP contribution in [0.1, 0.15) is 29.9 Å². The van der Waals surface area contributed by atoms with E-state index in [0.717, 1.165) is 11.1 Å². The van der Waals surface area contributed by atoms with Crippen molar-refractivity contribution in [1.29, 1.82) is 0 Å². The molecule has 2 heterocycles. The van der Waals surface area contributed by atoms with Crippen LogP contribution in [0.25, 0.3) is 11.2 Å². The van der Waals surface area contributed by atoms with Crippen LogP contribution in [0.2, 0.25) is 0 Å². The maximum absolute atomic E-state index is 13.2. The average Bonchev–Trinajstić information content (AvgIpc) is 3.11. The molecule has 8 heteroatoms. The lowest BCUT2D eigenvalue weighted by molar-refractivity contribution is 0.132. The molecule has 1 atom stereocenters. The lowest BCUT2D eigenvalue weighted by Crippen LogP contribution is -2.27. The third-order valence-corrected chi connectivity index (χ3v) is 4.87. The minimum absolute atomic E-state index is 0.0699. The monoisotopic (exact) mass is 422 g/mol. The van der Waals surface area contributed by atoms with E-state index in [2.05, 4.69) is 15.3 Å². The number of halogens is 2. The van der Waals surface area contributed by atoms with Gasteiger partial charge >= 0.3 is 6.09 Å². The van der Waals surface area contributed by atoms with E-state index in [1.807, 2.05) is 10.6 Å². The van der Waals surface area contributed by atoms with Gasteiger partial charge in [0.1, 0.15) is 23.0 Å². The SMILES string of the molecule is CC(NC(=O)OCc1nc2cccnc2n1Cc1ccc(F)cc1)c1ccc(F)cc1. The van der Waals surface area contributed by atoms with Crippen molar-refractivity contribution in [3.8, 4) is 0 Å². The number of hydrogen-bond acceptors (Lipinski definition) is 4. The summed E-state index contributed by atoms with van der Waals surface area (Å²) in [7, 11) is 0. The van der Waals surface area contributed by atoms with Crippen LogP contribution >= 0.6 is 0 Å². The van der Waals surface area contributed by atoms with Crippen molar-refractivity contribution in [2.45, 2.75) is 26.1 Å². The normalized spacial score (nSPS) is 12.0. The number of rotatable bonds is 6. The first-order chi connectivity index (χ1) is 15.0. The van der Waals surface area contributed by atoms with Gasteiger partial charge in [-0.2, -0.15) is 0 Å². The molecule has 2 aromatic carbocycles. The first-order valence-corrected chi connectivity index (χ1v) is 9.73. The fourth-order valence-electron chi connectivity index (χ4n) is 3.24. The van der Waals surface area contributed by atoms with E-state index in [1.165, 1.54) is 24.3 Å². The Morgan fingerprint density at radius 2 is 1.74 bits per heavy atom. The van der Waals surface area contributed by atoms with E-state index in [-0.39, 0.29) is 24.3 Å². The van der Waals surface area contributed by atoms with Gasteiger partial charge < -0.3 is 14.6 Å². The highest BCUT2D eigenvalue weighted by atomic mass is 19.1. The Hall–Kier alpha value is -3.81. The van der Waals surface area contributed by atoms with Crippen LogP contribution in [0.4, 0.5) is 13.6 Å². The first-order valence-electron chi connectivity index (χ1n) is 9.73. The molecule has 0 radical (unpaired) electrons. The molecule has 1 amide bonds. The minimum atomic E-state index is -0.620. The van der Waals surface area contributed by atoms with E-state index >= 15 is 0 Å². The fraction of sp³-hybridized carbons (Fsp3) is 0.174. The van der Waals surface area contributed by atoms with Gasteiger partial charge in [-0.3, -0.25) is 0 Å². The molecule has 0 bridgehead atoms. The molecular weight excluding hydrogens is 402 g/mol. The number of benzene rings is 2. The van der Waals surface area contributed by atoms with Gasteiger partial charge in [0.05, 0.1) is 12.6 Å². The number of nitrogens with zero attached hydrogens (tertiary/aromatic N) is 3. The van der Waals surface area contributed by atoms with Crippen LogP contribution in [0.3, 0.4) is 0 Å². The van der Waals surface area contributed by atoms with E-state index in [9.17, 15) is 13.6 Å². The maximum Gasteiger partial charge on any atom is 0.408 e. The van der Waals surface area contributed by atoms with Gasteiger partial charge in [0.15, 0.2) is 12.3 Å². The van der Waals surface area contributed by atoms with Crippen molar-refractivity contribution in [3.05, 3.63) is 95.4 Å². The third-order valence-electron chi connectivity index (χ3n) is 4.87. The smallest absolute Gasteiger partial charge is 0.408 e. The Balaban J connectivity index is 1.48. The number of fused-ring (bicyclic) bond motifs is 1. The number of nitrogens with one attached hydrogen (secondary N) is 1. The standard InChI is InChI=1S/C23H20F2N4O2/c1-15(17-6-10-19(25)11-7-17)27-23(30)31-14-21-28-20-3-2-12-26-22(20)29(21)13-16-4-8-18(24)9-5-16/h2-12,15H,13-14H2,1H3,(H,27,30).